The van der Waals surface area contributed by atoms with E-state index in [1.165, 1.54) is 14.0 Å². The van der Waals surface area contributed by atoms with E-state index < -0.39 is 12.3 Å². The van der Waals surface area contributed by atoms with Crippen LogP contribution in [0.1, 0.15) is 26.2 Å². The molecule has 1 aliphatic rings. The largest absolute Gasteiger partial charge is 0.462 e. The fourth-order valence-corrected chi connectivity index (χ4v) is 1.45. The third-order valence-electron chi connectivity index (χ3n) is 2.58. The molecular weight excluding hydrogens is 200 g/mol. The molecular formula is C10H16O5. The first-order chi connectivity index (χ1) is 7.02. The van der Waals surface area contributed by atoms with Gasteiger partial charge in [0.2, 0.25) is 0 Å². The van der Waals surface area contributed by atoms with Crippen molar-refractivity contribution in [2.24, 2.45) is 5.92 Å². The molecule has 0 bridgehead atoms. The fraction of sp³-hybridized carbons (Fsp3) is 0.800. The van der Waals surface area contributed by atoms with E-state index >= 15 is 0 Å². The van der Waals surface area contributed by atoms with Gasteiger partial charge in [-0.2, -0.15) is 0 Å². The molecule has 0 saturated heterocycles. The van der Waals surface area contributed by atoms with Crippen LogP contribution in [-0.4, -0.2) is 36.4 Å². The number of Topliss-reactive ketones (excluding diaryl/α,β-unsaturated/α-hetero) is 1. The number of methoxy groups -OCH3 is 1. The predicted molar refractivity (Wildman–Crippen MR) is 50.9 cm³/mol. The molecule has 1 fully saturated rings. The van der Waals surface area contributed by atoms with Crippen molar-refractivity contribution in [1.29, 1.82) is 0 Å². The topological polar surface area (TPSA) is 72.8 Å². The SMILES string of the molecule is COC(O)CC(=O)OC1CC(C(C)=O)C1. The summed E-state index contributed by atoms with van der Waals surface area (Å²) in [7, 11) is 1.31. The third kappa shape index (κ3) is 3.60. The average molecular weight is 216 g/mol. The lowest BCUT2D eigenvalue weighted by Crippen LogP contribution is -2.37. The molecule has 86 valence electrons. The Bertz CT molecular complexity index is 244. The van der Waals surface area contributed by atoms with Gasteiger partial charge in [-0.05, 0) is 19.8 Å². The summed E-state index contributed by atoms with van der Waals surface area (Å²) in [6, 6.07) is 0. The standard InChI is InChI=1S/C10H16O5/c1-6(11)7-3-8(4-7)15-10(13)5-9(12)14-2/h7-9,12H,3-5H2,1-2H3. The first kappa shape index (κ1) is 12.1. The maximum Gasteiger partial charge on any atom is 0.311 e. The van der Waals surface area contributed by atoms with E-state index in [1.807, 2.05) is 0 Å². The van der Waals surface area contributed by atoms with Crippen LogP contribution in [0.2, 0.25) is 0 Å². The molecule has 0 aromatic heterocycles. The molecule has 1 unspecified atom stereocenters. The van der Waals surface area contributed by atoms with E-state index in [4.69, 9.17) is 9.84 Å². The number of ketones is 1. The van der Waals surface area contributed by atoms with Gasteiger partial charge in [0.15, 0.2) is 6.29 Å². The second-order valence-corrected chi connectivity index (χ2v) is 3.79. The van der Waals surface area contributed by atoms with Crippen LogP contribution in [0.3, 0.4) is 0 Å². The van der Waals surface area contributed by atoms with Gasteiger partial charge < -0.3 is 14.6 Å². The van der Waals surface area contributed by atoms with Gasteiger partial charge >= 0.3 is 5.97 Å². The molecule has 0 spiro atoms. The lowest BCUT2D eigenvalue weighted by Gasteiger charge is -2.32. The Morgan fingerprint density at radius 3 is 2.53 bits per heavy atom. The van der Waals surface area contributed by atoms with Gasteiger partial charge in [-0.1, -0.05) is 0 Å². The molecule has 1 aliphatic carbocycles. The molecule has 0 radical (unpaired) electrons. The molecule has 5 nitrogen and oxygen atoms in total. The van der Waals surface area contributed by atoms with E-state index in [0.29, 0.717) is 12.8 Å². The Kier molecular flexibility index (Phi) is 4.23. The molecule has 1 rings (SSSR count). The number of hydrogen-bond acceptors (Lipinski definition) is 5. The van der Waals surface area contributed by atoms with Crippen LogP contribution in [0.5, 0.6) is 0 Å². The lowest BCUT2D eigenvalue weighted by molar-refractivity contribution is -0.167. The molecule has 0 aliphatic heterocycles. The minimum absolute atomic E-state index is 0.0372. The second kappa shape index (κ2) is 5.23. The number of rotatable bonds is 5. The number of hydrogen-bond donors (Lipinski definition) is 1. The zero-order valence-electron chi connectivity index (χ0n) is 8.93. The normalized spacial score (nSPS) is 26.6. The Morgan fingerprint density at radius 2 is 2.07 bits per heavy atom. The molecule has 0 amide bonds. The van der Waals surface area contributed by atoms with Gasteiger partial charge in [-0.3, -0.25) is 9.59 Å². The highest BCUT2D eigenvalue weighted by Gasteiger charge is 2.35. The maximum atomic E-state index is 11.1. The van der Waals surface area contributed by atoms with Gasteiger partial charge in [0.25, 0.3) is 0 Å². The number of ether oxygens (including phenoxy) is 2. The molecule has 1 saturated carbocycles. The lowest BCUT2D eigenvalue weighted by atomic mass is 9.80. The van der Waals surface area contributed by atoms with E-state index in [-0.39, 0.29) is 24.2 Å². The Labute approximate surface area is 88.4 Å². The van der Waals surface area contributed by atoms with Crippen LogP contribution in [0.25, 0.3) is 0 Å². The van der Waals surface area contributed by atoms with Crippen molar-refractivity contribution in [3.8, 4) is 0 Å². The van der Waals surface area contributed by atoms with Crippen molar-refractivity contribution >= 4 is 11.8 Å². The summed E-state index contributed by atoms with van der Waals surface area (Å²) in [6.07, 6.45) is -0.247. The molecule has 1 N–H and O–H groups in total. The Hall–Kier alpha value is -0.940. The van der Waals surface area contributed by atoms with Crippen LogP contribution in [0, 0.1) is 5.92 Å². The van der Waals surface area contributed by atoms with Crippen molar-refractivity contribution in [3.05, 3.63) is 0 Å². The second-order valence-electron chi connectivity index (χ2n) is 3.79. The molecule has 1 atom stereocenters. The summed E-state index contributed by atoms with van der Waals surface area (Å²) in [4.78, 5) is 22.0. The molecule has 15 heavy (non-hydrogen) atoms. The van der Waals surface area contributed by atoms with Gasteiger partial charge in [-0.25, -0.2) is 0 Å². The molecule has 0 aromatic rings. The summed E-state index contributed by atoms with van der Waals surface area (Å²) >= 11 is 0. The van der Waals surface area contributed by atoms with E-state index in [2.05, 4.69) is 4.74 Å². The van der Waals surface area contributed by atoms with Crippen LogP contribution in [0.4, 0.5) is 0 Å². The van der Waals surface area contributed by atoms with E-state index in [0.717, 1.165) is 0 Å². The van der Waals surface area contributed by atoms with Gasteiger partial charge in [0, 0.05) is 13.0 Å². The van der Waals surface area contributed by atoms with Crippen molar-refractivity contribution in [3.63, 3.8) is 0 Å². The average Bonchev–Trinajstić information content (AvgIpc) is 2.09. The Balaban J connectivity index is 2.16. The van der Waals surface area contributed by atoms with Crippen LogP contribution < -0.4 is 0 Å². The molecule has 5 heteroatoms. The number of aliphatic hydroxyl groups is 1. The zero-order chi connectivity index (χ0) is 11.4. The van der Waals surface area contributed by atoms with Gasteiger partial charge in [-0.15, -0.1) is 0 Å². The zero-order valence-corrected chi connectivity index (χ0v) is 8.93. The summed E-state index contributed by atoms with van der Waals surface area (Å²) in [5, 5.41) is 8.99. The minimum Gasteiger partial charge on any atom is -0.462 e. The van der Waals surface area contributed by atoms with Crippen molar-refractivity contribution in [1.82, 2.24) is 0 Å². The fourth-order valence-electron chi connectivity index (χ4n) is 1.45. The molecule has 0 aromatic carbocycles. The minimum atomic E-state index is -1.11. The summed E-state index contributed by atoms with van der Waals surface area (Å²) in [5.41, 5.74) is 0. The van der Waals surface area contributed by atoms with Crippen LogP contribution in [-0.2, 0) is 19.1 Å². The summed E-state index contributed by atoms with van der Waals surface area (Å²) in [6.45, 7) is 1.54. The van der Waals surface area contributed by atoms with Gasteiger partial charge in [0.1, 0.15) is 11.9 Å². The number of carbonyl (C=O) groups excluding carboxylic acids is 2. The Morgan fingerprint density at radius 1 is 1.47 bits per heavy atom. The number of carbonyl (C=O) groups is 2. The van der Waals surface area contributed by atoms with Crippen molar-refractivity contribution in [2.45, 2.75) is 38.6 Å². The maximum absolute atomic E-state index is 11.1. The molecule has 0 heterocycles. The van der Waals surface area contributed by atoms with Crippen molar-refractivity contribution in [2.75, 3.05) is 7.11 Å². The summed E-state index contributed by atoms with van der Waals surface area (Å²) in [5.74, 6) is -0.314. The first-order valence-electron chi connectivity index (χ1n) is 4.93. The highest BCUT2D eigenvalue weighted by molar-refractivity contribution is 5.79. The number of esters is 1. The van der Waals surface area contributed by atoms with E-state index in [1.54, 1.807) is 0 Å². The van der Waals surface area contributed by atoms with Crippen LogP contribution >= 0.6 is 0 Å². The quantitative estimate of drug-likeness (QED) is 0.527. The number of aliphatic hydroxyl groups excluding tert-OH is 1. The summed E-state index contributed by atoms with van der Waals surface area (Å²) < 4.78 is 9.52. The first-order valence-corrected chi connectivity index (χ1v) is 4.93. The van der Waals surface area contributed by atoms with Crippen molar-refractivity contribution < 1.29 is 24.2 Å². The third-order valence-corrected chi connectivity index (χ3v) is 2.58. The highest BCUT2D eigenvalue weighted by atomic mass is 16.6. The van der Waals surface area contributed by atoms with E-state index in [9.17, 15) is 9.59 Å². The highest BCUT2D eigenvalue weighted by Crippen LogP contribution is 2.30. The smallest absolute Gasteiger partial charge is 0.311 e. The van der Waals surface area contributed by atoms with Gasteiger partial charge in [0.05, 0.1) is 6.42 Å². The van der Waals surface area contributed by atoms with Crippen LogP contribution in [0.15, 0.2) is 0 Å². The monoisotopic (exact) mass is 216 g/mol. The predicted octanol–water partition coefficient (Wildman–Crippen LogP) is 0.252.